The molecular formula is C21H17BrF2N2O3. The molecule has 0 radical (unpaired) electrons. The molecule has 3 rings (SSSR count). The van der Waals surface area contributed by atoms with Gasteiger partial charge in [0.05, 0.1) is 0 Å². The molecule has 150 valence electrons. The summed E-state index contributed by atoms with van der Waals surface area (Å²) >= 11 is 3.22. The van der Waals surface area contributed by atoms with Crippen molar-refractivity contribution in [2.24, 2.45) is 5.73 Å². The molecule has 0 aliphatic rings. The van der Waals surface area contributed by atoms with E-state index in [4.69, 9.17) is 10.5 Å². The molecular weight excluding hydrogens is 446 g/mol. The third-order valence-electron chi connectivity index (χ3n) is 4.48. The molecule has 0 saturated carbocycles. The highest BCUT2D eigenvalue weighted by Gasteiger charge is 2.20. The lowest BCUT2D eigenvalue weighted by atomic mass is 9.96. The number of aryl methyl sites for hydroxylation is 2. The summed E-state index contributed by atoms with van der Waals surface area (Å²) in [5.74, 6) is -1.86. The van der Waals surface area contributed by atoms with E-state index < -0.39 is 23.1 Å². The van der Waals surface area contributed by atoms with Gasteiger partial charge >= 0.3 is 0 Å². The Kier molecular flexibility index (Phi) is 5.83. The van der Waals surface area contributed by atoms with Gasteiger partial charge in [-0.3, -0.25) is 9.59 Å². The quantitative estimate of drug-likeness (QED) is 0.589. The van der Waals surface area contributed by atoms with Crippen LogP contribution in [0.2, 0.25) is 0 Å². The van der Waals surface area contributed by atoms with Crippen molar-refractivity contribution in [3.8, 4) is 16.9 Å². The highest BCUT2D eigenvalue weighted by Crippen LogP contribution is 2.38. The molecule has 0 saturated heterocycles. The summed E-state index contributed by atoms with van der Waals surface area (Å²) in [4.78, 5) is 26.6. The van der Waals surface area contributed by atoms with E-state index in [0.717, 1.165) is 17.7 Å². The number of primary amides is 1. The van der Waals surface area contributed by atoms with Gasteiger partial charge in [-0.2, -0.15) is 0 Å². The summed E-state index contributed by atoms with van der Waals surface area (Å²) in [6, 6.07) is 8.11. The van der Waals surface area contributed by atoms with Gasteiger partial charge in [0.2, 0.25) is 5.91 Å². The first-order valence-corrected chi connectivity index (χ1v) is 9.38. The third-order valence-corrected chi connectivity index (χ3v) is 5.20. The lowest BCUT2D eigenvalue weighted by Crippen LogP contribution is -2.14. The zero-order valence-corrected chi connectivity index (χ0v) is 17.2. The van der Waals surface area contributed by atoms with Crippen molar-refractivity contribution in [1.82, 2.24) is 4.98 Å². The molecule has 1 aromatic heterocycles. The lowest BCUT2D eigenvalue weighted by molar-refractivity contribution is 0.100. The fourth-order valence-corrected chi connectivity index (χ4v) is 3.38. The molecule has 2 aromatic carbocycles. The van der Waals surface area contributed by atoms with Crippen LogP contribution in [0.15, 0.2) is 45.7 Å². The summed E-state index contributed by atoms with van der Waals surface area (Å²) in [7, 11) is 0. The number of hydrogen-bond donors (Lipinski definition) is 2. The molecule has 0 unspecified atom stereocenters. The number of carbonyl (C=O) groups is 1. The monoisotopic (exact) mass is 462 g/mol. The van der Waals surface area contributed by atoms with Gasteiger partial charge in [-0.05, 0) is 65.2 Å². The molecule has 0 spiro atoms. The zero-order valence-electron chi connectivity index (χ0n) is 15.6. The third kappa shape index (κ3) is 4.22. The van der Waals surface area contributed by atoms with Gasteiger partial charge in [0.25, 0.3) is 5.56 Å². The van der Waals surface area contributed by atoms with Gasteiger partial charge in [-0.25, -0.2) is 8.78 Å². The lowest BCUT2D eigenvalue weighted by Gasteiger charge is -2.18. The Hall–Kier alpha value is -3.00. The maximum atomic E-state index is 14.0. The van der Waals surface area contributed by atoms with Gasteiger partial charge < -0.3 is 15.5 Å². The van der Waals surface area contributed by atoms with Crippen molar-refractivity contribution in [2.45, 2.75) is 20.5 Å². The molecule has 8 heteroatoms. The number of aromatic nitrogens is 1. The minimum absolute atomic E-state index is 0.115. The Bertz CT molecular complexity index is 1180. The van der Waals surface area contributed by atoms with Crippen LogP contribution in [0.5, 0.6) is 5.75 Å². The molecule has 29 heavy (non-hydrogen) atoms. The number of nitrogens with one attached hydrogen (secondary N) is 1. The second-order valence-corrected chi connectivity index (χ2v) is 7.31. The SMILES string of the molecule is Cc1ccc(C(N)=O)cc1-c1c(C)[nH]c(=O)c(Br)c1OCc1ccc(F)cc1F. The maximum Gasteiger partial charge on any atom is 0.266 e. The van der Waals surface area contributed by atoms with E-state index in [-0.39, 0.29) is 22.4 Å². The summed E-state index contributed by atoms with van der Waals surface area (Å²) in [5.41, 5.74) is 7.86. The van der Waals surface area contributed by atoms with Crippen molar-refractivity contribution < 1.29 is 18.3 Å². The van der Waals surface area contributed by atoms with Crippen LogP contribution >= 0.6 is 15.9 Å². The predicted octanol–water partition coefficient (Wildman–Crippen LogP) is 4.38. The van der Waals surface area contributed by atoms with Crippen LogP contribution in [0.4, 0.5) is 8.78 Å². The van der Waals surface area contributed by atoms with E-state index in [1.54, 1.807) is 25.1 Å². The number of ether oxygens (including phenoxy) is 1. The number of hydrogen-bond acceptors (Lipinski definition) is 3. The Morgan fingerprint density at radius 2 is 1.90 bits per heavy atom. The number of amides is 1. The first-order valence-electron chi connectivity index (χ1n) is 8.59. The number of nitrogens with two attached hydrogens (primary N) is 1. The maximum absolute atomic E-state index is 14.0. The van der Waals surface area contributed by atoms with Crippen LogP contribution in [0.1, 0.15) is 27.2 Å². The number of halogens is 3. The molecule has 0 bridgehead atoms. The highest BCUT2D eigenvalue weighted by molar-refractivity contribution is 9.10. The summed E-state index contributed by atoms with van der Waals surface area (Å²) < 4.78 is 33.0. The molecule has 3 N–H and O–H groups in total. The number of rotatable bonds is 5. The van der Waals surface area contributed by atoms with Crippen LogP contribution in [-0.4, -0.2) is 10.9 Å². The Balaban J connectivity index is 2.14. The van der Waals surface area contributed by atoms with Crippen molar-refractivity contribution in [2.75, 3.05) is 0 Å². The summed E-state index contributed by atoms with van der Waals surface area (Å²) in [6.07, 6.45) is 0. The topological polar surface area (TPSA) is 85.2 Å². The molecule has 0 atom stereocenters. The van der Waals surface area contributed by atoms with Crippen molar-refractivity contribution in [1.29, 1.82) is 0 Å². The molecule has 0 aliphatic heterocycles. The van der Waals surface area contributed by atoms with Gasteiger partial charge in [-0.1, -0.05) is 6.07 Å². The van der Waals surface area contributed by atoms with Crippen LogP contribution in [0, 0.1) is 25.5 Å². The first kappa shape index (κ1) is 20.7. The van der Waals surface area contributed by atoms with Gasteiger partial charge in [0.15, 0.2) is 0 Å². The summed E-state index contributed by atoms with van der Waals surface area (Å²) in [6.45, 7) is 3.29. The molecule has 0 fully saturated rings. The number of H-pyrrole nitrogens is 1. The highest BCUT2D eigenvalue weighted by atomic mass is 79.9. The first-order chi connectivity index (χ1) is 13.7. The van der Waals surface area contributed by atoms with E-state index >= 15 is 0 Å². The molecule has 5 nitrogen and oxygen atoms in total. The smallest absolute Gasteiger partial charge is 0.266 e. The van der Waals surface area contributed by atoms with Crippen molar-refractivity contribution in [3.05, 3.63) is 85.2 Å². The van der Waals surface area contributed by atoms with Crippen molar-refractivity contribution in [3.63, 3.8) is 0 Å². The number of pyridine rings is 1. The van der Waals surface area contributed by atoms with E-state index in [2.05, 4.69) is 20.9 Å². The minimum atomic E-state index is -0.754. The fraction of sp³-hybridized carbons (Fsp3) is 0.143. The number of aromatic amines is 1. The minimum Gasteiger partial charge on any atom is -0.487 e. The standard InChI is InChI=1S/C21H17BrF2N2O3/c1-10-3-4-12(20(25)27)7-15(10)17-11(2)26-21(28)18(22)19(17)29-9-13-5-6-14(23)8-16(13)24/h3-8H,9H2,1-2H3,(H2,25,27)(H,26,28). The van der Waals surface area contributed by atoms with Crippen LogP contribution in [0.3, 0.4) is 0 Å². The van der Waals surface area contributed by atoms with E-state index in [1.165, 1.54) is 6.07 Å². The van der Waals surface area contributed by atoms with Crippen LogP contribution in [-0.2, 0) is 6.61 Å². The largest absolute Gasteiger partial charge is 0.487 e. The Labute approximate surface area is 173 Å². The predicted molar refractivity (Wildman–Crippen MR) is 109 cm³/mol. The molecule has 1 heterocycles. The Morgan fingerprint density at radius 1 is 1.17 bits per heavy atom. The second kappa shape index (κ2) is 8.16. The summed E-state index contributed by atoms with van der Waals surface area (Å²) in [5, 5.41) is 0. The van der Waals surface area contributed by atoms with Crippen LogP contribution < -0.4 is 16.0 Å². The number of benzene rings is 2. The molecule has 0 aliphatic carbocycles. The van der Waals surface area contributed by atoms with E-state index in [0.29, 0.717) is 22.4 Å². The second-order valence-electron chi connectivity index (χ2n) is 6.52. The molecule has 1 amide bonds. The van der Waals surface area contributed by atoms with E-state index in [9.17, 15) is 18.4 Å². The molecule has 3 aromatic rings. The zero-order chi connectivity index (χ0) is 21.3. The fourth-order valence-electron chi connectivity index (χ4n) is 2.96. The Morgan fingerprint density at radius 3 is 2.55 bits per heavy atom. The van der Waals surface area contributed by atoms with Gasteiger partial charge in [0, 0.05) is 28.5 Å². The normalized spacial score (nSPS) is 10.8. The van der Waals surface area contributed by atoms with Crippen LogP contribution in [0.25, 0.3) is 11.1 Å². The van der Waals surface area contributed by atoms with E-state index in [1.807, 2.05) is 6.92 Å². The van der Waals surface area contributed by atoms with Crippen molar-refractivity contribution >= 4 is 21.8 Å². The van der Waals surface area contributed by atoms with Gasteiger partial charge in [-0.15, -0.1) is 0 Å². The average Bonchev–Trinajstić information content (AvgIpc) is 2.65. The average molecular weight is 463 g/mol. The van der Waals surface area contributed by atoms with Gasteiger partial charge in [0.1, 0.15) is 28.5 Å². The number of carbonyl (C=O) groups excluding carboxylic acids is 1.